The van der Waals surface area contributed by atoms with Gasteiger partial charge in [0.15, 0.2) is 0 Å². The second-order valence-corrected chi connectivity index (χ2v) is 6.86. The summed E-state index contributed by atoms with van der Waals surface area (Å²) in [6.45, 7) is 3.55. The maximum absolute atomic E-state index is 12.6. The SMILES string of the molecule is CC(C)OC(=O)c1ccc(NC(=O)[C@H]2[C@@H](C(=O)O)[C@H]3C=C[C@H]2C3)cc1. The van der Waals surface area contributed by atoms with E-state index in [9.17, 15) is 19.5 Å². The van der Waals surface area contributed by atoms with Crippen LogP contribution < -0.4 is 5.32 Å². The number of anilines is 1. The highest BCUT2D eigenvalue weighted by Crippen LogP contribution is 2.48. The predicted octanol–water partition coefficient (Wildman–Crippen LogP) is 2.71. The van der Waals surface area contributed by atoms with Crippen LogP contribution in [0.15, 0.2) is 36.4 Å². The molecule has 132 valence electrons. The molecular weight excluding hydrogens is 322 g/mol. The van der Waals surface area contributed by atoms with Crippen LogP contribution in [0.2, 0.25) is 0 Å². The van der Waals surface area contributed by atoms with E-state index in [4.69, 9.17) is 4.74 Å². The minimum atomic E-state index is -0.927. The number of carbonyl (C=O) groups is 3. The Hall–Kier alpha value is -2.63. The van der Waals surface area contributed by atoms with E-state index in [0.717, 1.165) is 6.42 Å². The van der Waals surface area contributed by atoms with E-state index < -0.39 is 23.8 Å². The molecule has 0 heterocycles. The first-order valence-corrected chi connectivity index (χ1v) is 8.40. The zero-order valence-electron chi connectivity index (χ0n) is 14.1. The maximum Gasteiger partial charge on any atom is 0.338 e. The molecule has 1 fully saturated rings. The standard InChI is InChI=1S/C19H21NO5/c1-10(2)25-19(24)11-5-7-14(8-6-11)20-17(21)15-12-3-4-13(9-12)16(15)18(22)23/h3-8,10,12-13,15-16H,9H2,1-2H3,(H,20,21)(H,22,23)/t12-,13-,15+,16-/m0/s1. The zero-order chi connectivity index (χ0) is 18.1. The van der Waals surface area contributed by atoms with Crippen molar-refractivity contribution in [2.45, 2.75) is 26.4 Å². The summed E-state index contributed by atoms with van der Waals surface area (Å²) in [4.78, 5) is 35.9. The van der Waals surface area contributed by atoms with Gasteiger partial charge in [0, 0.05) is 5.69 Å². The molecule has 6 heteroatoms. The summed E-state index contributed by atoms with van der Waals surface area (Å²) in [6.07, 6.45) is 4.36. The highest BCUT2D eigenvalue weighted by molar-refractivity contribution is 5.97. The number of ether oxygens (including phenoxy) is 1. The van der Waals surface area contributed by atoms with Gasteiger partial charge in [0.05, 0.1) is 23.5 Å². The zero-order valence-corrected chi connectivity index (χ0v) is 14.1. The minimum absolute atomic E-state index is 0.0219. The Labute approximate surface area is 145 Å². The lowest BCUT2D eigenvalue weighted by Crippen LogP contribution is -2.36. The molecular formula is C19H21NO5. The van der Waals surface area contributed by atoms with Crippen molar-refractivity contribution in [2.24, 2.45) is 23.7 Å². The molecule has 0 unspecified atom stereocenters. The van der Waals surface area contributed by atoms with Crippen molar-refractivity contribution in [1.29, 1.82) is 0 Å². The summed E-state index contributed by atoms with van der Waals surface area (Å²) < 4.78 is 5.11. The highest BCUT2D eigenvalue weighted by atomic mass is 16.5. The molecule has 0 radical (unpaired) electrons. The summed E-state index contributed by atoms with van der Waals surface area (Å²) in [5.41, 5.74) is 0.931. The van der Waals surface area contributed by atoms with Crippen LogP contribution in [-0.2, 0) is 14.3 Å². The molecule has 2 aliphatic rings. The average Bonchev–Trinajstić information content (AvgIpc) is 3.15. The number of rotatable bonds is 5. The number of hydrogen-bond acceptors (Lipinski definition) is 4. The third kappa shape index (κ3) is 3.43. The largest absolute Gasteiger partial charge is 0.481 e. The first-order valence-electron chi connectivity index (χ1n) is 8.40. The van der Waals surface area contributed by atoms with Gasteiger partial charge in [0.2, 0.25) is 5.91 Å². The van der Waals surface area contributed by atoms with E-state index in [2.05, 4.69) is 5.32 Å². The Morgan fingerprint density at radius 3 is 2.24 bits per heavy atom. The topological polar surface area (TPSA) is 92.7 Å². The Bertz CT molecular complexity index is 722. The fourth-order valence-corrected chi connectivity index (χ4v) is 3.71. The Kier molecular flexibility index (Phi) is 4.61. The summed E-state index contributed by atoms with van der Waals surface area (Å²) in [6, 6.07) is 6.40. The average molecular weight is 343 g/mol. The molecule has 2 aliphatic carbocycles. The van der Waals surface area contributed by atoms with E-state index in [-0.39, 0.29) is 23.8 Å². The first-order chi connectivity index (χ1) is 11.9. The molecule has 4 atom stereocenters. The van der Waals surface area contributed by atoms with E-state index in [1.165, 1.54) is 0 Å². The summed E-state index contributed by atoms with van der Waals surface area (Å²) in [5.74, 6) is -2.95. The quantitative estimate of drug-likeness (QED) is 0.633. The molecule has 3 rings (SSSR count). The van der Waals surface area contributed by atoms with Crippen LogP contribution in [-0.4, -0.2) is 29.1 Å². The van der Waals surface area contributed by atoms with Gasteiger partial charge in [-0.05, 0) is 56.4 Å². The van der Waals surface area contributed by atoms with Gasteiger partial charge in [-0.15, -0.1) is 0 Å². The molecule has 6 nitrogen and oxygen atoms in total. The van der Waals surface area contributed by atoms with Crippen molar-refractivity contribution in [2.75, 3.05) is 5.32 Å². The molecule has 0 aliphatic heterocycles. The van der Waals surface area contributed by atoms with Crippen molar-refractivity contribution in [1.82, 2.24) is 0 Å². The molecule has 25 heavy (non-hydrogen) atoms. The van der Waals surface area contributed by atoms with Crippen molar-refractivity contribution < 1.29 is 24.2 Å². The number of allylic oxidation sites excluding steroid dienone is 2. The lowest BCUT2D eigenvalue weighted by Gasteiger charge is -2.23. The van der Waals surface area contributed by atoms with Crippen molar-refractivity contribution in [3.63, 3.8) is 0 Å². The number of fused-ring (bicyclic) bond motifs is 2. The number of amides is 1. The van der Waals surface area contributed by atoms with E-state index >= 15 is 0 Å². The first kappa shape index (κ1) is 17.2. The van der Waals surface area contributed by atoms with Crippen molar-refractivity contribution in [3.8, 4) is 0 Å². The molecule has 2 N–H and O–H groups in total. The van der Waals surface area contributed by atoms with Gasteiger partial charge in [0.25, 0.3) is 0 Å². The predicted molar refractivity (Wildman–Crippen MR) is 91.0 cm³/mol. The van der Waals surface area contributed by atoms with Crippen molar-refractivity contribution >= 4 is 23.5 Å². The number of benzene rings is 1. The number of hydrogen-bond donors (Lipinski definition) is 2. The molecule has 2 bridgehead atoms. The maximum atomic E-state index is 12.6. The fraction of sp³-hybridized carbons (Fsp3) is 0.421. The van der Waals surface area contributed by atoms with E-state index in [0.29, 0.717) is 11.3 Å². The van der Waals surface area contributed by atoms with E-state index in [1.807, 2.05) is 12.2 Å². The third-order valence-electron chi connectivity index (χ3n) is 4.78. The lowest BCUT2D eigenvalue weighted by atomic mass is 9.82. The smallest absolute Gasteiger partial charge is 0.338 e. The second-order valence-electron chi connectivity index (χ2n) is 6.86. The second kappa shape index (κ2) is 6.70. The van der Waals surface area contributed by atoms with Gasteiger partial charge in [-0.1, -0.05) is 12.2 Å². The van der Waals surface area contributed by atoms with Crippen LogP contribution in [0, 0.1) is 23.7 Å². The number of aliphatic carboxylic acids is 1. The van der Waals surface area contributed by atoms with Crippen LogP contribution >= 0.6 is 0 Å². The van der Waals surface area contributed by atoms with Crippen LogP contribution in [0.4, 0.5) is 5.69 Å². The Balaban J connectivity index is 1.68. The lowest BCUT2D eigenvalue weighted by molar-refractivity contribution is -0.146. The number of carbonyl (C=O) groups excluding carboxylic acids is 2. The molecule has 1 saturated carbocycles. The number of carboxylic acid groups (broad SMARTS) is 1. The Morgan fingerprint density at radius 1 is 1.08 bits per heavy atom. The van der Waals surface area contributed by atoms with Gasteiger partial charge in [-0.2, -0.15) is 0 Å². The van der Waals surface area contributed by atoms with Gasteiger partial charge in [-0.3, -0.25) is 9.59 Å². The van der Waals surface area contributed by atoms with Gasteiger partial charge in [0.1, 0.15) is 0 Å². The molecule has 0 saturated heterocycles. The molecule has 0 aromatic heterocycles. The molecule has 0 spiro atoms. The molecule has 1 aromatic carbocycles. The number of carboxylic acids is 1. The monoisotopic (exact) mass is 343 g/mol. The summed E-state index contributed by atoms with van der Waals surface area (Å²) in [5, 5.41) is 12.2. The Morgan fingerprint density at radius 2 is 1.68 bits per heavy atom. The highest BCUT2D eigenvalue weighted by Gasteiger charge is 2.51. The van der Waals surface area contributed by atoms with Crippen molar-refractivity contribution in [3.05, 3.63) is 42.0 Å². The third-order valence-corrected chi connectivity index (χ3v) is 4.78. The molecule has 1 aromatic rings. The molecule has 1 amide bonds. The van der Waals surface area contributed by atoms with Crippen LogP contribution in [0.1, 0.15) is 30.6 Å². The number of esters is 1. The van der Waals surface area contributed by atoms with Gasteiger partial charge in [-0.25, -0.2) is 4.79 Å². The van der Waals surface area contributed by atoms with Gasteiger partial charge >= 0.3 is 11.9 Å². The summed E-state index contributed by atoms with van der Waals surface area (Å²) >= 11 is 0. The van der Waals surface area contributed by atoms with Crippen LogP contribution in [0.25, 0.3) is 0 Å². The number of nitrogens with one attached hydrogen (secondary N) is 1. The summed E-state index contributed by atoms with van der Waals surface area (Å²) in [7, 11) is 0. The van der Waals surface area contributed by atoms with Gasteiger partial charge < -0.3 is 15.2 Å². The minimum Gasteiger partial charge on any atom is -0.481 e. The van der Waals surface area contributed by atoms with E-state index in [1.54, 1.807) is 38.1 Å². The normalized spacial score (nSPS) is 26.7. The fourth-order valence-electron chi connectivity index (χ4n) is 3.71. The van der Waals surface area contributed by atoms with Crippen LogP contribution in [0.3, 0.4) is 0 Å². The van der Waals surface area contributed by atoms with Crippen LogP contribution in [0.5, 0.6) is 0 Å².